The number of imide groups is 4. The molecule has 666 valence electrons. The second-order valence-corrected chi connectivity index (χ2v) is 39.4. The fourth-order valence-electron chi connectivity index (χ4n) is 23.5. The van der Waals surface area contributed by atoms with E-state index in [4.69, 9.17) is 0 Å². The number of amides is 10. The zero-order chi connectivity index (χ0) is 84.4. The molecule has 3 aliphatic carbocycles. The minimum absolute atomic E-state index is 0.000906. The maximum Gasteiger partial charge on any atom is 0.253 e. The van der Waals surface area contributed by atoms with Gasteiger partial charge in [0, 0.05) is 77.4 Å². The van der Waals surface area contributed by atoms with Gasteiger partial charge >= 0.3 is 0 Å². The summed E-state index contributed by atoms with van der Waals surface area (Å²) in [5.74, 6) is 4.79. The average molecular weight is 1630 g/mol. The summed E-state index contributed by atoms with van der Waals surface area (Å²) in [5, 5.41) is 0. The number of unbranched alkanes of at least 4 members (excludes halogenated alkanes) is 35. The van der Waals surface area contributed by atoms with Gasteiger partial charge in [-0.05, 0) is 160 Å². The first-order chi connectivity index (χ1) is 56.6. The summed E-state index contributed by atoms with van der Waals surface area (Å²) in [6, 6.07) is -1.63. The fraction of sp³-hybridized carbons (Fsp3) is 0.861. The molecule has 7 rings (SSSR count). The molecule has 0 bridgehead atoms. The Morgan fingerprint density at radius 2 is 0.718 bits per heavy atom. The smallest absolute Gasteiger partial charge is 0.253 e. The van der Waals surface area contributed by atoms with Crippen molar-refractivity contribution in [2.45, 2.75) is 453 Å². The zero-order valence-electron chi connectivity index (χ0n) is 76.4. The van der Waals surface area contributed by atoms with E-state index < -0.39 is 17.5 Å². The van der Waals surface area contributed by atoms with Crippen LogP contribution in [-0.2, 0) is 47.9 Å². The van der Waals surface area contributed by atoms with Crippen LogP contribution in [0.3, 0.4) is 0 Å². The molecule has 0 aromatic carbocycles. The summed E-state index contributed by atoms with van der Waals surface area (Å²) in [4.78, 5) is 139. The first-order valence-electron chi connectivity index (χ1n) is 49.9. The quantitative estimate of drug-likeness (QED) is 0.0418. The molecule has 0 aromatic rings. The van der Waals surface area contributed by atoms with Gasteiger partial charge in [0.15, 0.2) is 0 Å². The average Bonchev–Trinajstić information content (AvgIpc) is 1.52. The van der Waals surface area contributed by atoms with Gasteiger partial charge in [0.05, 0.1) is 12.8 Å². The van der Waals surface area contributed by atoms with Crippen LogP contribution >= 0.6 is 0 Å². The normalized spacial score (nSPS) is 24.3. The maximum absolute atomic E-state index is 14.2. The SMILES string of the molecule is CCCCCCCCC1C(CCCCCC)CCC(CCCCCCCCN2C(=O)C=CC2=O)C1CCCCCCCCN1C(=O)CC(N(CC(C)(C)CC(C)CCN(C(C)=O)C2CC(=O)N(CCCCCCCCC34C(CCCCCCCCN5C(=O)C=CC5=O)CCC(CCCCCC)C3C4CCCCCCC)C2=O)C(C)=O)C1=O. The molecule has 12 unspecified atom stereocenters. The first kappa shape index (κ1) is 99.1. The molecule has 4 aliphatic heterocycles. The predicted molar refractivity (Wildman–Crippen MR) is 476 cm³/mol. The van der Waals surface area contributed by atoms with E-state index in [9.17, 15) is 47.9 Å². The van der Waals surface area contributed by atoms with Crippen LogP contribution in [-0.4, -0.2) is 140 Å². The molecule has 0 radical (unpaired) electrons. The highest BCUT2D eigenvalue weighted by molar-refractivity contribution is 6.13. The summed E-state index contributed by atoms with van der Waals surface area (Å²) in [6.07, 6.45) is 75.7. The summed E-state index contributed by atoms with van der Waals surface area (Å²) in [6.45, 7) is 21.0. The lowest BCUT2D eigenvalue weighted by molar-refractivity contribution is -0.144. The van der Waals surface area contributed by atoms with Crippen LogP contribution in [0.25, 0.3) is 0 Å². The molecule has 0 spiro atoms. The van der Waals surface area contributed by atoms with Crippen molar-refractivity contribution < 1.29 is 47.9 Å². The number of hydrogen-bond donors (Lipinski definition) is 0. The van der Waals surface area contributed by atoms with Gasteiger partial charge in [-0.15, -0.1) is 0 Å². The molecule has 0 aromatic heterocycles. The fourth-order valence-corrected chi connectivity index (χ4v) is 23.5. The largest absolute Gasteiger partial charge is 0.330 e. The van der Waals surface area contributed by atoms with Crippen LogP contribution in [0.4, 0.5) is 0 Å². The molecule has 5 fully saturated rings. The van der Waals surface area contributed by atoms with Crippen LogP contribution < -0.4 is 0 Å². The van der Waals surface area contributed by atoms with Crippen LogP contribution in [0.15, 0.2) is 24.3 Å². The number of hydrogen-bond acceptors (Lipinski definition) is 10. The van der Waals surface area contributed by atoms with Gasteiger partial charge in [-0.1, -0.05) is 318 Å². The van der Waals surface area contributed by atoms with E-state index in [1.165, 1.54) is 321 Å². The molecule has 0 N–H and O–H groups in total. The standard InChI is InChI=1S/C101H172N6O10/c1-10-14-18-22-34-45-57-86-82(53-41-20-16-12-3)60-61-83(54-43-32-23-27-37-49-70-103-91(110)64-65-92(103)111)87(86)58-46-35-25-29-39-51-73-106-96(115)76-90(99(106)117)107(81(7)109)78-100(8,9)77-79(5)68-74-102(80(6)108)89-75-95(114)105(98(89)116)72-52-40-30-26-36-48-69-101-85(56-44-33-24-28-38-50-71-104-93(112)66-67-94(104)113)63-62-84(55-42-21-17-13-4)97(101)88(101)59-47-31-19-15-11-2/h64-67,79,82-90,97H,10-63,68-78H2,1-9H3. The van der Waals surface area contributed by atoms with E-state index >= 15 is 0 Å². The number of fused-ring (bicyclic) bond motifs is 1. The van der Waals surface area contributed by atoms with E-state index in [-0.39, 0.29) is 77.8 Å². The predicted octanol–water partition coefficient (Wildman–Crippen LogP) is 23.7. The Morgan fingerprint density at radius 1 is 0.393 bits per heavy atom. The van der Waals surface area contributed by atoms with E-state index in [1.807, 2.05) is 0 Å². The Balaban J connectivity index is 0.808. The monoisotopic (exact) mass is 1630 g/mol. The summed E-state index contributed by atoms with van der Waals surface area (Å²) in [5.41, 5.74) is 0.0772. The van der Waals surface area contributed by atoms with Crippen molar-refractivity contribution in [3.63, 3.8) is 0 Å². The Labute approximate surface area is 713 Å². The van der Waals surface area contributed by atoms with Crippen LogP contribution in [0.1, 0.15) is 441 Å². The molecule has 7 aliphatic rings. The molecule has 16 heteroatoms. The Kier molecular flexibility index (Phi) is 46.1. The molecular weight excluding hydrogens is 1460 g/mol. The summed E-state index contributed by atoms with van der Waals surface area (Å²) >= 11 is 0. The number of nitrogens with zero attached hydrogens (tertiary/aromatic N) is 6. The van der Waals surface area contributed by atoms with E-state index in [0.29, 0.717) is 57.5 Å². The van der Waals surface area contributed by atoms with Crippen LogP contribution in [0.5, 0.6) is 0 Å². The van der Waals surface area contributed by atoms with Crippen molar-refractivity contribution in [2.75, 3.05) is 39.3 Å². The third-order valence-corrected chi connectivity index (χ3v) is 29.8. The number of rotatable bonds is 68. The molecule has 10 amide bonds. The molecular formula is C101H172N6O10. The van der Waals surface area contributed by atoms with Crippen molar-refractivity contribution in [1.29, 1.82) is 0 Å². The Hall–Kier alpha value is -5.02. The van der Waals surface area contributed by atoms with Crippen molar-refractivity contribution in [2.24, 2.45) is 64.1 Å². The highest BCUT2D eigenvalue weighted by atomic mass is 16.2. The molecule has 4 heterocycles. The van der Waals surface area contributed by atoms with Crippen molar-refractivity contribution in [3.05, 3.63) is 24.3 Å². The van der Waals surface area contributed by atoms with Crippen LogP contribution in [0, 0.1) is 64.1 Å². The third-order valence-electron chi connectivity index (χ3n) is 29.8. The summed E-state index contributed by atoms with van der Waals surface area (Å²) < 4.78 is 0. The highest BCUT2D eigenvalue weighted by Crippen LogP contribution is 2.75. The minimum atomic E-state index is -0.826. The van der Waals surface area contributed by atoms with E-state index in [0.717, 1.165) is 137 Å². The molecule has 2 saturated heterocycles. The maximum atomic E-state index is 14.2. The number of carbonyl (C=O) groups excluding carboxylic acids is 10. The Bertz CT molecular complexity index is 3020. The molecule has 117 heavy (non-hydrogen) atoms. The number of carbonyl (C=O) groups is 10. The van der Waals surface area contributed by atoms with Gasteiger partial charge in [0.25, 0.3) is 35.4 Å². The third kappa shape index (κ3) is 32.3. The van der Waals surface area contributed by atoms with Gasteiger partial charge < -0.3 is 9.80 Å². The minimum Gasteiger partial charge on any atom is -0.330 e. The molecule has 16 nitrogen and oxygen atoms in total. The van der Waals surface area contributed by atoms with Gasteiger partial charge in [-0.25, -0.2) is 0 Å². The van der Waals surface area contributed by atoms with Gasteiger partial charge in [0.1, 0.15) is 12.1 Å². The second kappa shape index (κ2) is 54.5. The lowest BCUT2D eigenvalue weighted by atomic mass is 9.61. The summed E-state index contributed by atoms with van der Waals surface area (Å²) in [7, 11) is 0. The first-order valence-corrected chi connectivity index (χ1v) is 49.9. The van der Waals surface area contributed by atoms with Gasteiger partial charge in [-0.2, -0.15) is 0 Å². The lowest BCUT2D eigenvalue weighted by Crippen LogP contribution is -2.48. The van der Waals surface area contributed by atoms with Crippen molar-refractivity contribution in [1.82, 2.24) is 29.4 Å². The number of likely N-dealkylation sites (tertiary alicyclic amines) is 2. The van der Waals surface area contributed by atoms with Gasteiger partial charge in [-0.3, -0.25) is 67.5 Å². The molecule has 3 saturated carbocycles. The second-order valence-electron chi connectivity index (χ2n) is 39.4. The van der Waals surface area contributed by atoms with Crippen LogP contribution in [0.2, 0.25) is 0 Å². The van der Waals surface area contributed by atoms with Crippen molar-refractivity contribution in [3.8, 4) is 0 Å². The van der Waals surface area contributed by atoms with E-state index in [2.05, 4.69) is 48.5 Å². The zero-order valence-corrected chi connectivity index (χ0v) is 76.4. The van der Waals surface area contributed by atoms with E-state index in [1.54, 1.807) is 9.80 Å². The molecule has 12 atom stereocenters. The van der Waals surface area contributed by atoms with Gasteiger partial charge in [0.2, 0.25) is 23.6 Å². The lowest BCUT2D eigenvalue weighted by Gasteiger charge is -2.44. The highest BCUT2D eigenvalue weighted by Gasteiger charge is 2.69. The Morgan fingerprint density at radius 3 is 1.13 bits per heavy atom. The van der Waals surface area contributed by atoms with Crippen molar-refractivity contribution >= 4 is 59.1 Å². The topological polar surface area (TPSA) is 190 Å².